The van der Waals surface area contributed by atoms with Crippen molar-refractivity contribution in [2.24, 2.45) is 0 Å². The summed E-state index contributed by atoms with van der Waals surface area (Å²) in [4.78, 5) is 0.185. The molecule has 0 amide bonds. The molecule has 0 saturated heterocycles. The van der Waals surface area contributed by atoms with Gasteiger partial charge in [0.15, 0.2) is 9.84 Å². The molecule has 0 heterocycles. The van der Waals surface area contributed by atoms with E-state index >= 15 is 0 Å². The zero-order valence-electron chi connectivity index (χ0n) is 11.6. The minimum atomic E-state index is -3.74. The maximum atomic E-state index is 12.2. The van der Waals surface area contributed by atoms with E-state index in [9.17, 15) is 16.8 Å². The normalized spacial score (nSPS) is 12.1. The van der Waals surface area contributed by atoms with Gasteiger partial charge in [0.05, 0.1) is 15.5 Å². The third kappa shape index (κ3) is 3.83. The molecule has 0 aliphatic carbocycles. The third-order valence-electron chi connectivity index (χ3n) is 2.85. The van der Waals surface area contributed by atoms with E-state index in [0.29, 0.717) is 0 Å². The van der Waals surface area contributed by atoms with Gasteiger partial charge in [-0.1, -0.05) is 23.8 Å². The van der Waals surface area contributed by atoms with Gasteiger partial charge in [-0.15, -0.1) is 0 Å². The van der Waals surface area contributed by atoms with Gasteiger partial charge in [0.1, 0.15) is 0 Å². The summed E-state index contributed by atoms with van der Waals surface area (Å²) in [6, 6.07) is 12.1. The lowest BCUT2D eigenvalue weighted by atomic mass is 10.2. The summed E-state index contributed by atoms with van der Waals surface area (Å²) < 4.78 is 49.8. The molecule has 0 spiro atoms. The summed E-state index contributed by atoms with van der Waals surface area (Å²) in [5, 5.41) is 0. The van der Waals surface area contributed by atoms with E-state index in [0.717, 1.165) is 11.8 Å². The highest BCUT2D eigenvalue weighted by Crippen LogP contribution is 2.19. The van der Waals surface area contributed by atoms with E-state index in [1.165, 1.54) is 36.4 Å². The van der Waals surface area contributed by atoms with Crippen LogP contribution in [-0.4, -0.2) is 23.1 Å². The summed E-state index contributed by atoms with van der Waals surface area (Å²) in [6.07, 6.45) is 1.07. The lowest BCUT2D eigenvalue weighted by Gasteiger charge is -2.09. The molecule has 0 unspecified atom stereocenters. The van der Waals surface area contributed by atoms with Crippen LogP contribution >= 0.6 is 0 Å². The monoisotopic (exact) mass is 325 g/mol. The molecule has 0 aromatic heterocycles. The molecule has 21 heavy (non-hydrogen) atoms. The van der Waals surface area contributed by atoms with Gasteiger partial charge in [-0.25, -0.2) is 16.8 Å². The number of nitrogens with one attached hydrogen (secondary N) is 1. The molecule has 2 rings (SSSR count). The van der Waals surface area contributed by atoms with Crippen LogP contribution in [0.4, 0.5) is 5.69 Å². The maximum Gasteiger partial charge on any atom is 0.261 e. The Morgan fingerprint density at radius 1 is 0.857 bits per heavy atom. The van der Waals surface area contributed by atoms with Crippen LogP contribution in [0.3, 0.4) is 0 Å². The van der Waals surface area contributed by atoms with Crippen molar-refractivity contribution in [2.75, 3.05) is 11.0 Å². The number of anilines is 1. The molecule has 0 aliphatic rings. The summed E-state index contributed by atoms with van der Waals surface area (Å²) >= 11 is 0. The fourth-order valence-corrected chi connectivity index (χ4v) is 3.44. The lowest BCUT2D eigenvalue weighted by molar-refractivity contribution is 0.599. The first kappa shape index (κ1) is 15.5. The predicted molar refractivity (Wildman–Crippen MR) is 81.5 cm³/mol. The predicted octanol–water partition coefficient (Wildman–Crippen LogP) is 2.20. The van der Waals surface area contributed by atoms with E-state index < -0.39 is 19.9 Å². The SMILES string of the molecule is Cc1ccc(S(=O)(=O)Nc2cccc(S(C)(=O)=O)c2)cc1. The zero-order chi connectivity index (χ0) is 15.7. The number of hydrogen-bond donors (Lipinski definition) is 1. The molecule has 0 atom stereocenters. The summed E-state index contributed by atoms with van der Waals surface area (Å²) in [6.45, 7) is 1.86. The second kappa shape index (κ2) is 5.50. The summed E-state index contributed by atoms with van der Waals surface area (Å²) in [5.74, 6) is 0. The molecule has 0 radical (unpaired) electrons. The second-order valence-corrected chi connectivity index (χ2v) is 8.42. The van der Waals surface area contributed by atoms with Crippen molar-refractivity contribution >= 4 is 25.5 Å². The summed E-state index contributed by atoms with van der Waals surface area (Å²) in [7, 11) is -7.12. The number of hydrogen-bond acceptors (Lipinski definition) is 4. The highest BCUT2D eigenvalue weighted by Gasteiger charge is 2.15. The van der Waals surface area contributed by atoms with Crippen molar-refractivity contribution in [3.63, 3.8) is 0 Å². The maximum absolute atomic E-state index is 12.2. The quantitative estimate of drug-likeness (QED) is 0.934. The van der Waals surface area contributed by atoms with Crippen LogP contribution in [-0.2, 0) is 19.9 Å². The van der Waals surface area contributed by atoms with Crippen LogP contribution in [0.2, 0.25) is 0 Å². The standard InChI is InChI=1S/C14H15NO4S2/c1-11-6-8-13(9-7-11)21(18,19)15-12-4-3-5-14(10-12)20(2,16)17/h3-10,15H,1-2H3. The molecule has 7 heteroatoms. The molecular weight excluding hydrogens is 310 g/mol. The van der Waals surface area contributed by atoms with Gasteiger partial charge in [-0.05, 0) is 37.3 Å². The van der Waals surface area contributed by atoms with E-state index in [4.69, 9.17) is 0 Å². The van der Waals surface area contributed by atoms with Crippen LogP contribution < -0.4 is 4.72 Å². The molecule has 1 N–H and O–H groups in total. The van der Waals surface area contributed by atoms with E-state index in [2.05, 4.69) is 4.72 Å². The number of benzene rings is 2. The Labute approximate surface area is 124 Å². The molecule has 5 nitrogen and oxygen atoms in total. The molecule has 112 valence electrons. The topological polar surface area (TPSA) is 80.3 Å². The van der Waals surface area contributed by atoms with E-state index in [1.54, 1.807) is 12.1 Å². The van der Waals surface area contributed by atoms with Crippen LogP contribution in [0.25, 0.3) is 0 Å². The third-order valence-corrected chi connectivity index (χ3v) is 5.35. The first-order chi connectivity index (χ1) is 9.68. The lowest BCUT2D eigenvalue weighted by Crippen LogP contribution is -2.13. The van der Waals surface area contributed by atoms with Crippen molar-refractivity contribution in [1.82, 2.24) is 0 Å². The number of rotatable bonds is 4. The molecule has 0 saturated carbocycles. The average Bonchev–Trinajstić information content (AvgIpc) is 2.38. The average molecular weight is 325 g/mol. The highest BCUT2D eigenvalue weighted by molar-refractivity contribution is 7.92. The van der Waals surface area contributed by atoms with Gasteiger partial charge < -0.3 is 0 Å². The Morgan fingerprint density at radius 2 is 1.48 bits per heavy atom. The Morgan fingerprint density at radius 3 is 2.05 bits per heavy atom. The number of sulfonamides is 1. The molecule has 2 aromatic rings. The van der Waals surface area contributed by atoms with Crippen LogP contribution in [0.5, 0.6) is 0 Å². The fourth-order valence-electron chi connectivity index (χ4n) is 1.72. The van der Waals surface area contributed by atoms with Crippen molar-refractivity contribution in [2.45, 2.75) is 16.7 Å². The van der Waals surface area contributed by atoms with Gasteiger partial charge in [0, 0.05) is 6.26 Å². The second-order valence-electron chi connectivity index (χ2n) is 4.72. The zero-order valence-corrected chi connectivity index (χ0v) is 13.2. The molecular formula is C14H15NO4S2. The fraction of sp³-hybridized carbons (Fsp3) is 0.143. The molecule has 2 aromatic carbocycles. The Hall–Kier alpha value is -1.86. The minimum absolute atomic E-state index is 0.0617. The largest absolute Gasteiger partial charge is 0.280 e. The van der Waals surface area contributed by atoms with Gasteiger partial charge in [-0.2, -0.15) is 0 Å². The van der Waals surface area contributed by atoms with Crippen LogP contribution in [0.1, 0.15) is 5.56 Å². The Balaban J connectivity index is 2.35. The first-order valence-electron chi connectivity index (χ1n) is 6.08. The Bertz CT molecular complexity index is 854. The first-order valence-corrected chi connectivity index (χ1v) is 9.45. The van der Waals surface area contributed by atoms with Gasteiger partial charge in [0.2, 0.25) is 0 Å². The van der Waals surface area contributed by atoms with Crippen LogP contribution in [0.15, 0.2) is 58.3 Å². The number of sulfone groups is 1. The highest BCUT2D eigenvalue weighted by atomic mass is 32.2. The van der Waals surface area contributed by atoms with Gasteiger partial charge >= 0.3 is 0 Å². The van der Waals surface area contributed by atoms with Crippen molar-refractivity contribution in [1.29, 1.82) is 0 Å². The van der Waals surface area contributed by atoms with Crippen molar-refractivity contribution in [3.05, 3.63) is 54.1 Å². The summed E-state index contributed by atoms with van der Waals surface area (Å²) in [5.41, 5.74) is 1.16. The van der Waals surface area contributed by atoms with Crippen molar-refractivity contribution in [3.8, 4) is 0 Å². The van der Waals surface area contributed by atoms with Crippen LogP contribution in [0, 0.1) is 6.92 Å². The Kier molecular flexibility index (Phi) is 4.06. The minimum Gasteiger partial charge on any atom is -0.280 e. The van der Waals surface area contributed by atoms with Crippen molar-refractivity contribution < 1.29 is 16.8 Å². The van der Waals surface area contributed by atoms with E-state index in [1.807, 2.05) is 6.92 Å². The molecule has 0 bridgehead atoms. The van der Waals surface area contributed by atoms with Gasteiger partial charge in [0.25, 0.3) is 10.0 Å². The number of aryl methyl sites for hydroxylation is 1. The molecule has 0 fully saturated rings. The van der Waals surface area contributed by atoms with Gasteiger partial charge in [-0.3, -0.25) is 4.72 Å². The van der Waals surface area contributed by atoms with E-state index in [-0.39, 0.29) is 15.5 Å². The molecule has 0 aliphatic heterocycles. The smallest absolute Gasteiger partial charge is 0.261 e.